The molecule has 3 aromatic rings. The summed E-state index contributed by atoms with van der Waals surface area (Å²) < 4.78 is 18.9. The molecule has 1 amide bonds. The van der Waals surface area contributed by atoms with Crippen molar-refractivity contribution >= 4 is 46.6 Å². The van der Waals surface area contributed by atoms with Gasteiger partial charge in [-0.15, -0.1) is 0 Å². The SMILES string of the molecule is CSCC[C@H](NC(=O)c1cc(/C=C/[C@@H]2C[C@H](SC(=O)c3cccnc3)CN2)ccc1CCc1ccc(F)cc1)C(=O)OC(C)C. The second-order valence-corrected chi connectivity index (χ2v) is 13.5. The number of amides is 1. The first-order chi connectivity index (χ1) is 21.7. The zero-order chi connectivity index (χ0) is 32.2. The predicted molar refractivity (Wildman–Crippen MR) is 181 cm³/mol. The molecule has 7 nitrogen and oxygen atoms in total. The molecule has 1 fully saturated rings. The summed E-state index contributed by atoms with van der Waals surface area (Å²) in [7, 11) is 0. The third kappa shape index (κ3) is 10.8. The van der Waals surface area contributed by atoms with Crippen molar-refractivity contribution in [1.29, 1.82) is 0 Å². The number of benzene rings is 2. The van der Waals surface area contributed by atoms with Crippen molar-refractivity contribution in [2.24, 2.45) is 0 Å². The van der Waals surface area contributed by atoms with Gasteiger partial charge in [0.05, 0.1) is 6.10 Å². The van der Waals surface area contributed by atoms with Crippen LogP contribution in [0.4, 0.5) is 4.39 Å². The van der Waals surface area contributed by atoms with E-state index >= 15 is 0 Å². The highest BCUT2D eigenvalue weighted by molar-refractivity contribution is 8.14. The van der Waals surface area contributed by atoms with Crippen molar-refractivity contribution in [2.75, 3.05) is 18.6 Å². The molecule has 0 radical (unpaired) electrons. The molecule has 3 atom stereocenters. The first-order valence-corrected chi connectivity index (χ1v) is 17.4. The van der Waals surface area contributed by atoms with E-state index in [9.17, 15) is 18.8 Å². The van der Waals surface area contributed by atoms with Crippen LogP contribution in [0.1, 0.15) is 64.1 Å². The standard InChI is InChI=1S/C35H40FN3O4S2/c1-23(2)43-34(41)32(16-18-44-3)39-33(40)31-19-25(7-12-26(31)11-6-24-8-13-28(36)14-9-24)10-15-29-20-30(22-38-29)45-35(42)27-5-4-17-37-21-27/h4-5,7-10,12-15,17,19,21,23,29-30,32,38H,6,11,16,18,20,22H2,1-3H3,(H,39,40)/b15-10+/t29-,30+,32+/m1/s1. The lowest BCUT2D eigenvalue weighted by atomic mass is 9.96. The Bertz CT molecular complexity index is 1470. The molecule has 4 rings (SSSR count). The molecule has 0 saturated carbocycles. The number of aryl methyl sites for hydroxylation is 2. The second-order valence-electron chi connectivity index (χ2n) is 11.2. The highest BCUT2D eigenvalue weighted by atomic mass is 32.2. The van der Waals surface area contributed by atoms with Crippen LogP contribution in [0.2, 0.25) is 0 Å². The van der Waals surface area contributed by atoms with Gasteiger partial charge in [-0.2, -0.15) is 11.8 Å². The lowest BCUT2D eigenvalue weighted by molar-refractivity contribution is -0.149. The minimum Gasteiger partial charge on any atom is -0.461 e. The lowest BCUT2D eigenvalue weighted by Gasteiger charge is -2.20. The maximum absolute atomic E-state index is 13.7. The quantitative estimate of drug-likeness (QED) is 0.202. The van der Waals surface area contributed by atoms with Gasteiger partial charge in [0, 0.05) is 41.4 Å². The first kappa shape index (κ1) is 34.4. The molecule has 238 valence electrons. The molecule has 2 heterocycles. The molecule has 0 unspecified atom stereocenters. The Balaban J connectivity index is 1.48. The summed E-state index contributed by atoms with van der Waals surface area (Å²) >= 11 is 2.93. The van der Waals surface area contributed by atoms with E-state index in [1.54, 1.807) is 62.3 Å². The number of rotatable bonds is 14. The highest BCUT2D eigenvalue weighted by Crippen LogP contribution is 2.26. The summed E-state index contributed by atoms with van der Waals surface area (Å²) in [5.41, 5.74) is 3.73. The van der Waals surface area contributed by atoms with Crippen molar-refractivity contribution in [2.45, 2.75) is 63.0 Å². The Kier molecular flexibility index (Phi) is 13.2. The fourth-order valence-corrected chi connectivity index (χ4v) is 6.51. The average Bonchev–Trinajstić information content (AvgIpc) is 3.49. The summed E-state index contributed by atoms with van der Waals surface area (Å²) in [6, 6.07) is 15.0. The molecule has 0 bridgehead atoms. The van der Waals surface area contributed by atoms with E-state index < -0.39 is 12.0 Å². The molecule has 1 aliphatic rings. The number of ether oxygens (including phenoxy) is 1. The normalized spacial score (nSPS) is 17.0. The van der Waals surface area contributed by atoms with Gasteiger partial charge < -0.3 is 15.4 Å². The van der Waals surface area contributed by atoms with E-state index in [2.05, 4.69) is 21.7 Å². The number of nitrogens with one attached hydrogen (secondary N) is 2. The number of esters is 1. The van der Waals surface area contributed by atoms with Crippen molar-refractivity contribution in [1.82, 2.24) is 15.6 Å². The number of pyridine rings is 1. The predicted octanol–water partition coefficient (Wildman–Crippen LogP) is 6.13. The number of hydrogen-bond donors (Lipinski definition) is 2. The molecule has 0 spiro atoms. The average molecular weight is 650 g/mol. The summed E-state index contributed by atoms with van der Waals surface area (Å²) in [5, 5.41) is 6.55. The van der Waals surface area contributed by atoms with Crippen LogP contribution in [0.25, 0.3) is 6.08 Å². The molecular formula is C35H40FN3O4S2. The van der Waals surface area contributed by atoms with E-state index in [0.29, 0.717) is 42.7 Å². The summed E-state index contributed by atoms with van der Waals surface area (Å²) in [6.45, 7) is 4.28. The lowest BCUT2D eigenvalue weighted by Crippen LogP contribution is -2.43. The Hall–Kier alpha value is -3.47. The first-order valence-electron chi connectivity index (χ1n) is 15.1. The van der Waals surface area contributed by atoms with Crippen molar-refractivity contribution in [3.05, 3.63) is 107 Å². The molecule has 1 saturated heterocycles. The van der Waals surface area contributed by atoms with Gasteiger partial charge in [-0.05, 0) is 98.6 Å². The highest BCUT2D eigenvalue weighted by Gasteiger charge is 2.26. The Labute approximate surface area is 273 Å². The molecule has 0 aliphatic carbocycles. The number of carbonyl (C=O) groups excluding carboxylic acids is 3. The minimum absolute atomic E-state index is 0.0134. The number of carbonyl (C=O) groups is 3. The summed E-state index contributed by atoms with van der Waals surface area (Å²) in [6.07, 6.45) is 11.4. The second kappa shape index (κ2) is 17.3. The largest absolute Gasteiger partial charge is 0.461 e. The number of thioether (sulfide) groups is 2. The van der Waals surface area contributed by atoms with Crippen LogP contribution in [0.3, 0.4) is 0 Å². The van der Waals surface area contributed by atoms with Gasteiger partial charge in [0.1, 0.15) is 11.9 Å². The van der Waals surface area contributed by atoms with E-state index in [4.69, 9.17) is 4.74 Å². The van der Waals surface area contributed by atoms with Crippen molar-refractivity contribution in [3.8, 4) is 0 Å². The number of aromatic nitrogens is 1. The van der Waals surface area contributed by atoms with Crippen LogP contribution in [0, 0.1) is 5.82 Å². The summed E-state index contributed by atoms with van der Waals surface area (Å²) in [4.78, 5) is 43.2. The van der Waals surface area contributed by atoms with Gasteiger partial charge in [0.25, 0.3) is 5.91 Å². The molecule has 2 N–H and O–H groups in total. The van der Waals surface area contributed by atoms with Gasteiger partial charge in [-0.25, -0.2) is 9.18 Å². The zero-order valence-corrected chi connectivity index (χ0v) is 27.5. The molecule has 1 aromatic heterocycles. The fourth-order valence-electron chi connectivity index (χ4n) is 4.99. The van der Waals surface area contributed by atoms with Crippen LogP contribution < -0.4 is 10.6 Å². The monoisotopic (exact) mass is 649 g/mol. The van der Waals surface area contributed by atoms with Gasteiger partial charge >= 0.3 is 5.97 Å². The number of halogens is 1. The zero-order valence-electron chi connectivity index (χ0n) is 25.8. The van der Waals surface area contributed by atoms with Gasteiger partial charge in [-0.1, -0.05) is 48.2 Å². The maximum Gasteiger partial charge on any atom is 0.328 e. The Morgan fingerprint density at radius 2 is 1.93 bits per heavy atom. The van der Waals surface area contributed by atoms with Crippen LogP contribution in [0.15, 0.2) is 73.1 Å². The fraction of sp³-hybridized carbons (Fsp3) is 0.371. The Morgan fingerprint density at radius 1 is 1.13 bits per heavy atom. The molecular weight excluding hydrogens is 610 g/mol. The van der Waals surface area contributed by atoms with E-state index in [1.165, 1.54) is 23.9 Å². The topological polar surface area (TPSA) is 97.4 Å². The molecule has 1 aliphatic heterocycles. The van der Waals surface area contributed by atoms with Gasteiger partial charge in [-0.3, -0.25) is 14.6 Å². The smallest absolute Gasteiger partial charge is 0.328 e. The van der Waals surface area contributed by atoms with E-state index in [0.717, 1.165) is 23.1 Å². The summed E-state index contributed by atoms with van der Waals surface area (Å²) in [5.74, 6) is -0.380. The van der Waals surface area contributed by atoms with Gasteiger partial charge in [0.15, 0.2) is 0 Å². The molecule has 45 heavy (non-hydrogen) atoms. The van der Waals surface area contributed by atoms with E-state index in [-0.39, 0.29) is 34.2 Å². The Morgan fingerprint density at radius 3 is 2.64 bits per heavy atom. The minimum atomic E-state index is -0.761. The number of hydrogen-bond acceptors (Lipinski definition) is 8. The molecule has 2 aromatic carbocycles. The maximum atomic E-state index is 13.7. The van der Waals surface area contributed by atoms with Crippen molar-refractivity contribution < 1.29 is 23.5 Å². The third-order valence-electron chi connectivity index (χ3n) is 7.34. The molecule has 10 heteroatoms. The van der Waals surface area contributed by atoms with Crippen LogP contribution >= 0.6 is 23.5 Å². The van der Waals surface area contributed by atoms with Crippen LogP contribution in [0.5, 0.6) is 0 Å². The third-order valence-corrected chi connectivity index (χ3v) is 9.13. The van der Waals surface area contributed by atoms with Crippen LogP contribution in [-0.2, 0) is 22.4 Å². The van der Waals surface area contributed by atoms with Crippen LogP contribution in [-0.4, -0.2) is 64.0 Å². The number of nitrogens with zero attached hydrogens (tertiary/aromatic N) is 1. The van der Waals surface area contributed by atoms with Gasteiger partial charge in [0.2, 0.25) is 5.12 Å². The van der Waals surface area contributed by atoms with E-state index in [1.807, 2.05) is 30.5 Å². The van der Waals surface area contributed by atoms with Crippen molar-refractivity contribution in [3.63, 3.8) is 0 Å².